The zero-order valence-electron chi connectivity index (χ0n) is 38.6. The van der Waals surface area contributed by atoms with E-state index in [2.05, 4.69) is 109 Å². The number of quaternary nitrogens is 1. The molecule has 0 aliphatic heterocycles. The van der Waals surface area contributed by atoms with Crippen LogP contribution in [0.4, 0.5) is 0 Å². The molecule has 60 heavy (non-hydrogen) atoms. The molecule has 9 heteroatoms. The van der Waals surface area contributed by atoms with Gasteiger partial charge in [0.15, 0.2) is 0 Å². The Morgan fingerprint density at radius 2 is 1.00 bits per heavy atom. The summed E-state index contributed by atoms with van der Waals surface area (Å²) in [5, 5.41) is 13.5. The van der Waals surface area contributed by atoms with Crippen LogP contribution in [-0.4, -0.2) is 73.4 Å². The molecule has 0 saturated carbocycles. The van der Waals surface area contributed by atoms with E-state index in [4.69, 9.17) is 9.05 Å². The van der Waals surface area contributed by atoms with Gasteiger partial charge in [-0.1, -0.05) is 181 Å². The van der Waals surface area contributed by atoms with Gasteiger partial charge < -0.3 is 19.8 Å². The minimum absolute atomic E-state index is 0.0534. The fraction of sp³-hybridized carbons (Fsp3) is 0.627. The zero-order valence-corrected chi connectivity index (χ0v) is 39.5. The number of unbranched alkanes of at least 4 members (excludes halogenated alkanes) is 11. The van der Waals surface area contributed by atoms with Crippen molar-refractivity contribution in [1.82, 2.24) is 5.32 Å². The summed E-state index contributed by atoms with van der Waals surface area (Å²) < 4.78 is 23.2. The number of carbonyl (C=O) groups is 1. The van der Waals surface area contributed by atoms with Crippen LogP contribution in [0.5, 0.6) is 0 Å². The number of aliphatic hydroxyl groups is 1. The van der Waals surface area contributed by atoms with Crippen LogP contribution in [-0.2, 0) is 18.4 Å². The quantitative estimate of drug-likeness (QED) is 0.0245. The smallest absolute Gasteiger partial charge is 0.387 e. The summed E-state index contributed by atoms with van der Waals surface area (Å²) in [4.78, 5) is 22.8. The summed E-state index contributed by atoms with van der Waals surface area (Å²) in [6.07, 6.45) is 61.2. The van der Waals surface area contributed by atoms with Crippen molar-refractivity contribution in [1.29, 1.82) is 0 Å². The van der Waals surface area contributed by atoms with E-state index in [1.54, 1.807) is 6.08 Å². The van der Waals surface area contributed by atoms with Gasteiger partial charge >= 0.3 is 7.82 Å². The van der Waals surface area contributed by atoms with Crippen molar-refractivity contribution in [3.8, 4) is 0 Å². The second-order valence-corrected chi connectivity index (χ2v) is 17.9. The molecular weight excluding hydrogens is 768 g/mol. The third-order valence-electron chi connectivity index (χ3n) is 9.48. The third-order valence-corrected chi connectivity index (χ3v) is 10.5. The minimum atomic E-state index is -4.32. The number of hydrogen-bond acceptors (Lipinski definition) is 5. The first-order valence-corrected chi connectivity index (χ1v) is 24.8. The maximum Gasteiger partial charge on any atom is 0.472 e. The molecule has 0 spiro atoms. The van der Waals surface area contributed by atoms with E-state index in [1.165, 1.54) is 44.9 Å². The number of allylic oxidation sites excluding steroid dienone is 17. The zero-order chi connectivity index (χ0) is 44.3. The number of nitrogens with one attached hydrogen (secondary N) is 1. The van der Waals surface area contributed by atoms with Gasteiger partial charge in [0.05, 0.1) is 39.9 Å². The normalized spacial score (nSPS) is 15.2. The van der Waals surface area contributed by atoms with Crippen molar-refractivity contribution < 1.29 is 32.9 Å². The number of hydrogen-bond donors (Lipinski definition) is 3. The Hall–Kier alpha value is -2.84. The molecule has 0 rings (SSSR count). The van der Waals surface area contributed by atoms with Crippen LogP contribution in [0.1, 0.15) is 155 Å². The second-order valence-electron chi connectivity index (χ2n) is 16.4. The maximum atomic E-state index is 12.7. The SMILES string of the molecule is CC/C=C\C/C=C\C/C=C\C/C=C\C/C=C\C/C=C\C/C=C\C/C=C\CCCCCCCCCCCCC(=O)NC(COP(=O)(O)OCC[N+](C)(C)C)C(O)/C=C/CCC. The molecule has 0 aromatic rings. The number of amides is 1. The molecule has 342 valence electrons. The molecule has 8 nitrogen and oxygen atoms in total. The van der Waals surface area contributed by atoms with E-state index in [0.29, 0.717) is 17.4 Å². The predicted molar refractivity (Wildman–Crippen MR) is 258 cm³/mol. The summed E-state index contributed by atoms with van der Waals surface area (Å²) in [5.74, 6) is -0.201. The lowest BCUT2D eigenvalue weighted by molar-refractivity contribution is -0.870. The third kappa shape index (κ3) is 43.3. The van der Waals surface area contributed by atoms with E-state index in [9.17, 15) is 19.4 Å². The number of phosphoric acid groups is 1. The van der Waals surface area contributed by atoms with Crippen molar-refractivity contribution >= 4 is 13.7 Å². The van der Waals surface area contributed by atoms with Gasteiger partial charge in [0.25, 0.3) is 0 Å². The first kappa shape index (κ1) is 57.2. The molecule has 0 saturated heterocycles. The largest absolute Gasteiger partial charge is 0.472 e. The van der Waals surface area contributed by atoms with Crippen molar-refractivity contribution in [3.63, 3.8) is 0 Å². The fourth-order valence-electron chi connectivity index (χ4n) is 5.83. The molecule has 0 heterocycles. The van der Waals surface area contributed by atoms with Crippen LogP contribution in [0.2, 0.25) is 0 Å². The van der Waals surface area contributed by atoms with E-state index in [0.717, 1.165) is 89.9 Å². The van der Waals surface area contributed by atoms with Gasteiger partial charge in [0.2, 0.25) is 5.91 Å². The van der Waals surface area contributed by atoms with Crippen LogP contribution in [0, 0.1) is 0 Å². The van der Waals surface area contributed by atoms with Gasteiger partial charge in [-0.2, -0.15) is 0 Å². The van der Waals surface area contributed by atoms with E-state index in [1.807, 2.05) is 34.1 Å². The average Bonchev–Trinajstić information content (AvgIpc) is 3.20. The van der Waals surface area contributed by atoms with Crippen molar-refractivity contribution in [2.24, 2.45) is 0 Å². The molecule has 0 aromatic heterocycles. The highest BCUT2D eigenvalue weighted by atomic mass is 31.2. The molecule has 0 fully saturated rings. The van der Waals surface area contributed by atoms with Crippen LogP contribution < -0.4 is 5.32 Å². The summed E-state index contributed by atoms with van der Waals surface area (Å²) in [6, 6.07) is -0.851. The number of likely N-dealkylation sites (N-methyl/N-ethyl adjacent to an activating group) is 1. The van der Waals surface area contributed by atoms with Gasteiger partial charge in [-0.15, -0.1) is 0 Å². The van der Waals surface area contributed by atoms with Gasteiger partial charge in [-0.25, -0.2) is 4.57 Å². The number of rotatable bonds is 40. The van der Waals surface area contributed by atoms with Gasteiger partial charge in [-0.05, 0) is 77.0 Å². The van der Waals surface area contributed by atoms with Gasteiger partial charge in [-0.3, -0.25) is 13.8 Å². The standard InChI is InChI=1S/C51H87N2O6P/c1-6-8-10-11-12-13-14-15-16-17-18-19-20-21-22-23-24-25-26-27-28-29-30-31-32-33-34-35-36-37-38-39-40-41-43-45-51(55)52-49(50(54)44-42-9-7-2)48-59-60(56,57)58-47-46-53(3,4)5/h8,10,12-13,15-16,18-19,21-22,24-25,27-28,30-31,42,44,49-50,54H,6-7,9,11,14,17,20,23,26,29,32-41,43,45-48H2,1-5H3,(H-,52,55,56,57)/p+1/b10-8-,13-12-,16-15-,19-18-,22-21-,25-24-,28-27-,31-30-,44-42+. The van der Waals surface area contributed by atoms with E-state index in [-0.39, 0.29) is 19.1 Å². The lowest BCUT2D eigenvalue weighted by Gasteiger charge is -2.25. The predicted octanol–water partition coefficient (Wildman–Crippen LogP) is 13.3. The molecule has 3 unspecified atom stereocenters. The molecule has 0 aliphatic rings. The summed E-state index contributed by atoms with van der Waals surface area (Å²) in [5.41, 5.74) is 0. The molecule has 0 radical (unpaired) electrons. The molecule has 3 atom stereocenters. The number of phosphoric ester groups is 1. The van der Waals surface area contributed by atoms with Crippen molar-refractivity contribution in [2.45, 2.75) is 167 Å². The molecule has 1 amide bonds. The highest BCUT2D eigenvalue weighted by Crippen LogP contribution is 2.43. The van der Waals surface area contributed by atoms with E-state index < -0.39 is 20.0 Å². The topological polar surface area (TPSA) is 105 Å². The average molecular weight is 856 g/mol. The Labute approximate surface area is 368 Å². The highest BCUT2D eigenvalue weighted by Gasteiger charge is 2.27. The summed E-state index contributed by atoms with van der Waals surface area (Å²) >= 11 is 0. The van der Waals surface area contributed by atoms with Crippen LogP contribution in [0.15, 0.2) is 109 Å². The summed E-state index contributed by atoms with van der Waals surface area (Å²) in [6.45, 7) is 4.45. The van der Waals surface area contributed by atoms with Crippen molar-refractivity contribution in [3.05, 3.63) is 109 Å². The molecule has 0 aromatic carbocycles. The number of aliphatic hydroxyl groups excluding tert-OH is 1. The Kier molecular flexibility index (Phi) is 39.5. The Morgan fingerprint density at radius 1 is 0.583 bits per heavy atom. The molecule has 3 N–H and O–H groups in total. The Bertz CT molecular complexity index is 1340. The monoisotopic (exact) mass is 856 g/mol. The summed E-state index contributed by atoms with van der Waals surface area (Å²) in [7, 11) is 1.54. The van der Waals surface area contributed by atoms with Crippen LogP contribution in [0.25, 0.3) is 0 Å². The Balaban J connectivity index is 3.89. The molecule has 0 aliphatic carbocycles. The van der Waals surface area contributed by atoms with Gasteiger partial charge in [0.1, 0.15) is 13.2 Å². The second kappa shape index (κ2) is 41.5. The number of carbonyl (C=O) groups excluding carboxylic acids is 1. The molecule has 0 bridgehead atoms. The number of nitrogens with zero attached hydrogens (tertiary/aromatic N) is 1. The van der Waals surface area contributed by atoms with Gasteiger partial charge in [0, 0.05) is 6.42 Å². The first-order valence-electron chi connectivity index (χ1n) is 23.3. The Morgan fingerprint density at radius 3 is 1.43 bits per heavy atom. The van der Waals surface area contributed by atoms with Crippen molar-refractivity contribution in [2.75, 3.05) is 40.9 Å². The maximum absolute atomic E-state index is 12.7. The van der Waals surface area contributed by atoms with E-state index >= 15 is 0 Å². The fourth-order valence-corrected chi connectivity index (χ4v) is 6.56. The minimum Gasteiger partial charge on any atom is -0.387 e. The lowest BCUT2D eigenvalue weighted by Crippen LogP contribution is -2.45. The first-order chi connectivity index (χ1) is 29.0. The lowest BCUT2D eigenvalue weighted by atomic mass is 10.0. The van der Waals surface area contributed by atoms with Crippen LogP contribution >= 0.6 is 7.82 Å². The highest BCUT2D eigenvalue weighted by molar-refractivity contribution is 7.47. The molecular formula is C51H88N2O6P+. The van der Waals surface area contributed by atoms with Crippen LogP contribution in [0.3, 0.4) is 0 Å².